The summed E-state index contributed by atoms with van der Waals surface area (Å²) in [5, 5.41) is 0.0734. The molecule has 0 spiro atoms. The number of hydrogen-bond acceptors (Lipinski definition) is 8. The van der Waals surface area contributed by atoms with Crippen molar-refractivity contribution in [3.05, 3.63) is 119 Å². The van der Waals surface area contributed by atoms with Crippen LogP contribution < -0.4 is 0 Å². The zero-order chi connectivity index (χ0) is 30.2. The maximum Gasteiger partial charge on any atom is 0.190 e. The number of carbonyl (C=O) groups is 4. The van der Waals surface area contributed by atoms with Gasteiger partial charge in [-0.25, -0.2) is 0 Å². The zero-order valence-electron chi connectivity index (χ0n) is 23.5. The van der Waals surface area contributed by atoms with Crippen LogP contribution in [0.2, 0.25) is 0 Å². The molecule has 0 unspecified atom stereocenters. The third-order valence-corrected chi connectivity index (χ3v) is 9.05. The Balaban J connectivity index is 1.97. The van der Waals surface area contributed by atoms with Gasteiger partial charge in [-0.3, -0.25) is 19.2 Å². The number of rotatable bonds is 8. The van der Waals surface area contributed by atoms with Crippen molar-refractivity contribution in [1.29, 1.82) is 0 Å². The van der Waals surface area contributed by atoms with Gasteiger partial charge < -0.3 is 0 Å². The monoisotopic (exact) mass is 628 g/mol. The summed E-state index contributed by atoms with van der Waals surface area (Å²) in [5.41, 5.74) is 5.74. The van der Waals surface area contributed by atoms with Gasteiger partial charge in [-0.15, -0.1) is 0 Å². The van der Waals surface area contributed by atoms with Gasteiger partial charge in [0.25, 0.3) is 0 Å². The fourth-order valence-corrected chi connectivity index (χ4v) is 6.75. The molecule has 4 rings (SSSR count). The second-order valence-electron chi connectivity index (χ2n) is 9.22. The van der Waals surface area contributed by atoms with E-state index in [9.17, 15) is 19.2 Å². The molecule has 0 aromatic heterocycles. The van der Waals surface area contributed by atoms with E-state index in [1.165, 1.54) is 47.0 Å². The molecular weight excluding hydrogens is 601 g/mol. The number of carbonyl (C=O) groups excluding carboxylic acids is 4. The van der Waals surface area contributed by atoms with Crippen molar-refractivity contribution in [2.75, 3.05) is 0 Å². The smallest absolute Gasteiger partial charge is 0.190 e. The first-order valence-electron chi connectivity index (χ1n) is 13.0. The average Bonchev–Trinajstić information content (AvgIpc) is 2.93. The molecular formula is C34H28O4S4. The van der Waals surface area contributed by atoms with Gasteiger partial charge in [-0.05, 0) is 81.9 Å². The summed E-state index contributed by atoms with van der Waals surface area (Å²) in [5.74, 6) is 0. The largest absolute Gasteiger partial charge is 0.287 e. The SMILES string of the molecule is CC(=O)Sc1ccc(C(=C(c2ccc(SC(C)=O)cc2)c2ccc(SC(C)=O)cc2)c2ccc(SC(C)=O)cc2)cc1. The summed E-state index contributed by atoms with van der Waals surface area (Å²) >= 11 is 4.75. The number of hydrogen-bond donors (Lipinski definition) is 0. The Morgan fingerprint density at radius 1 is 0.333 bits per heavy atom. The lowest BCUT2D eigenvalue weighted by Crippen LogP contribution is -1.98. The zero-order valence-corrected chi connectivity index (χ0v) is 26.8. The predicted molar refractivity (Wildman–Crippen MR) is 177 cm³/mol. The Kier molecular flexibility index (Phi) is 11.1. The maximum absolute atomic E-state index is 11.7. The molecule has 0 fully saturated rings. The van der Waals surface area contributed by atoms with Gasteiger partial charge >= 0.3 is 0 Å². The molecule has 0 saturated heterocycles. The third-order valence-electron chi connectivity index (χ3n) is 5.87. The minimum absolute atomic E-state index is 0.0183. The average molecular weight is 629 g/mol. The molecule has 42 heavy (non-hydrogen) atoms. The Bertz CT molecular complexity index is 1390. The first-order chi connectivity index (χ1) is 20.1. The van der Waals surface area contributed by atoms with Crippen LogP contribution in [0.1, 0.15) is 49.9 Å². The van der Waals surface area contributed by atoms with Crippen LogP contribution in [-0.2, 0) is 19.2 Å². The van der Waals surface area contributed by atoms with E-state index in [4.69, 9.17) is 0 Å². The molecule has 0 bridgehead atoms. The molecule has 0 saturated carbocycles. The Hall–Kier alpha value is -3.30. The summed E-state index contributed by atoms with van der Waals surface area (Å²) in [6.45, 7) is 6.19. The number of benzene rings is 4. The highest BCUT2D eigenvalue weighted by molar-refractivity contribution is 8.14. The lowest BCUT2D eigenvalue weighted by Gasteiger charge is -2.19. The van der Waals surface area contributed by atoms with Crippen molar-refractivity contribution < 1.29 is 19.2 Å². The minimum Gasteiger partial charge on any atom is -0.287 e. The van der Waals surface area contributed by atoms with E-state index in [1.807, 2.05) is 97.1 Å². The van der Waals surface area contributed by atoms with Crippen molar-refractivity contribution in [1.82, 2.24) is 0 Å². The Morgan fingerprint density at radius 3 is 0.643 bits per heavy atom. The van der Waals surface area contributed by atoms with E-state index < -0.39 is 0 Å². The second-order valence-corrected chi connectivity index (χ2v) is 14.2. The molecule has 0 aliphatic carbocycles. The van der Waals surface area contributed by atoms with Crippen LogP contribution in [0, 0.1) is 0 Å². The fraction of sp³-hybridized carbons (Fsp3) is 0.118. The van der Waals surface area contributed by atoms with E-state index in [2.05, 4.69) is 0 Å². The molecule has 8 heteroatoms. The molecule has 4 aromatic carbocycles. The van der Waals surface area contributed by atoms with Gasteiger partial charge in [0.1, 0.15) is 0 Å². The molecule has 0 atom stereocenters. The van der Waals surface area contributed by atoms with Crippen LogP contribution in [-0.4, -0.2) is 20.5 Å². The predicted octanol–water partition coefficient (Wildman–Crippen LogP) is 9.25. The first kappa shape index (κ1) is 31.6. The van der Waals surface area contributed by atoms with Crippen molar-refractivity contribution in [2.45, 2.75) is 47.3 Å². The number of thioether (sulfide) groups is 4. The van der Waals surface area contributed by atoms with Gasteiger partial charge in [0.15, 0.2) is 20.5 Å². The maximum atomic E-state index is 11.7. The van der Waals surface area contributed by atoms with E-state index >= 15 is 0 Å². The van der Waals surface area contributed by atoms with E-state index in [0.29, 0.717) is 0 Å². The lowest BCUT2D eigenvalue weighted by molar-refractivity contribution is -0.109. The van der Waals surface area contributed by atoms with E-state index in [-0.39, 0.29) is 20.5 Å². The standard InChI is InChI=1S/C34H28O4S4/c1-21(35)39-29-13-5-25(6-14-29)33(26-7-15-30(16-8-26)40-22(2)36)34(27-9-17-31(18-10-27)41-23(3)37)28-11-19-32(20-12-28)42-24(4)38/h5-20H,1-4H3. The highest BCUT2D eigenvalue weighted by atomic mass is 32.2. The molecule has 0 N–H and O–H groups in total. The molecule has 0 radical (unpaired) electrons. The van der Waals surface area contributed by atoms with Crippen molar-refractivity contribution >= 4 is 78.7 Å². The molecule has 0 amide bonds. The van der Waals surface area contributed by atoms with E-state index in [0.717, 1.165) is 53.0 Å². The van der Waals surface area contributed by atoms with Crippen LogP contribution in [0.25, 0.3) is 11.1 Å². The summed E-state index contributed by atoms with van der Waals surface area (Å²) in [4.78, 5) is 50.3. The first-order valence-corrected chi connectivity index (χ1v) is 16.3. The Labute approximate surface area is 263 Å². The molecule has 212 valence electrons. The summed E-state index contributed by atoms with van der Waals surface area (Å²) in [7, 11) is 0. The van der Waals surface area contributed by atoms with Gasteiger partial charge in [-0.2, -0.15) is 0 Å². The van der Waals surface area contributed by atoms with Crippen molar-refractivity contribution in [2.24, 2.45) is 0 Å². The second kappa shape index (κ2) is 14.7. The molecule has 0 aliphatic rings. The van der Waals surface area contributed by atoms with Crippen LogP contribution in [0.5, 0.6) is 0 Å². The fourth-order valence-electron chi connectivity index (χ4n) is 4.33. The van der Waals surface area contributed by atoms with Crippen molar-refractivity contribution in [3.8, 4) is 0 Å². The topological polar surface area (TPSA) is 68.3 Å². The van der Waals surface area contributed by atoms with Gasteiger partial charge in [-0.1, -0.05) is 95.6 Å². The van der Waals surface area contributed by atoms with Crippen molar-refractivity contribution in [3.63, 3.8) is 0 Å². The molecule has 4 aromatic rings. The van der Waals surface area contributed by atoms with Crippen LogP contribution in [0.3, 0.4) is 0 Å². The van der Waals surface area contributed by atoms with E-state index in [1.54, 1.807) is 27.7 Å². The van der Waals surface area contributed by atoms with Crippen LogP contribution in [0.4, 0.5) is 0 Å². The third kappa shape index (κ3) is 8.85. The van der Waals surface area contributed by atoms with Crippen LogP contribution >= 0.6 is 47.0 Å². The molecule has 0 aliphatic heterocycles. The lowest BCUT2D eigenvalue weighted by atomic mass is 9.86. The molecule has 4 nitrogen and oxygen atoms in total. The normalized spacial score (nSPS) is 10.7. The van der Waals surface area contributed by atoms with Gasteiger partial charge in [0.2, 0.25) is 0 Å². The summed E-state index contributed by atoms with van der Waals surface area (Å²) < 4.78 is 0. The highest BCUT2D eigenvalue weighted by Gasteiger charge is 2.18. The molecule has 0 heterocycles. The summed E-state index contributed by atoms with van der Waals surface area (Å²) in [6.07, 6.45) is 0. The highest BCUT2D eigenvalue weighted by Crippen LogP contribution is 2.39. The van der Waals surface area contributed by atoms with Gasteiger partial charge in [0, 0.05) is 47.3 Å². The Morgan fingerprint density at radius 2 is 0.500 bits per heavy atom. The quantitative estimate of drug-likeness (QED) is 0.141. The van der Waals surface area contributed by atoms with Gasteiger partial charge in [0.05, 0.1) is 0 Å². The summed E-state index contributed by atoms with van der Waals surface area (Å²) in [6, 6.07) is 31.6. The van der Waals surface area contributed by atoms with Crippen LogP contribution in [0.15, 0.2) is 117 Å². The minimum atomic E-state index is 0.0183.